The van der Waals surface area contributed by atoms with Gasteiger partial charge >= 0.3 is 0 Å². The summed E-state index contributed by atoms with van der Waals surface area (Å²) < 4.78 is 0. The van der Waals surface area contributed by atoms with Gasteiger partial charge < -0.3 is 15.7 Å². The number of thiophene rings is 1. The van der Waals surface area contributed by atoms with Crippen molar-refractivity contribution in [1.82, 2.24) is 5.32 Å². The first-order valence-electron chi connectivity index (χ1n) is 6.90. The van der Waals surface area contributed by atoms with Crippen LogP contribution in [-0.2, 0) is 0 Å². The van der Waals surface area contributed by atoms with Gasteiger partial charge in [-0.3, -0.25) is 4.79 Å². The molecule has 0 aliphatic carbocycles. The number of nitrogens with one attached hydrogen (secondary N) is 2. The molecule has 21 heavy (non-hydrogen) atoms. The van der Waals surface area contributed by atoms with Crippen molar-refractivity contribution in [2.24, 2.45) is 0 Å². The Morgan fingerprint density at radius 2 is 2.19 bits per heavy atom. The molecule has 1 heterocycles. The molecule has 0 radical (unpaired) electrons. The van der Waals surface area contributed by atoms with E-state index in [1.54, 1.807) is 17.4 Å². The standard InChI is InChI=1S/C16H20N2O2S/c1-11-14(16(20)17-7-8-19)4-3-5-15(11)18-12(2)13-6-9-21-10-13/h3-6,9-10,12,18-19H,7-8H2,1-2H3,(H,17,20). The molecule has 0 saturated carbocycles. The van der Waals surface area contributed by atoms with E-state index in [1.807, 2.05) is 19.1 Å². The molecule has 4 nitrogen and oxygen atoms in total. The van der Waals surface area contributed by atoms with Crippen LogP contribution in [0.25, 0.3) is 0 Å². The minimum atomic E-state index is -0.159. The van der Waals surface area contributed by atoms with Crippen molar-refractivity contribution in [2.75, 3.05) is 18.5 Å². The summed E-state index contributed by atoms with van der Waals surface area (Å²) in [7, 11) is 0. The average molecular weight is 304 g/mol. The Hall–Kier alpha value is -1.85. The molecule has 112 valence electrons. The lowest BCUT2D eigenvalue weighted by Crippen LogP contribution is -2.27. The van der Waals surface area contributed by atoms with Crippen LogP contribution in [0.1, 0.15) is 34.5 Å². The highest BCUT2D eigenvalue weighted by molar-refractivity contribution is 7.07. The van der Waals surface area contributed by atoms with Crippen molar-refractivity contribution in [3.05, 3.63) is 51.7 Å². The van der Waals surface area contributed by atoms with E-state index in [4.69, 9.17) is 5.11 Å². The molecule has 1 aromatic carbocycles. The fourth-order valence-corrected chi connectivity index (χ4v) is 2.89. The van der Waals surface area contributed by atoms with Crippen LogP contribution >= 0.6 is 11.3 Å². The Morgan fingerprint density at radius 1 is 1.38 bits per heavy atom. The van der Waals surface area contributed by atoms with Gasteiger partial charge in [0.2, 0.25) is 0 Å². The van der Waals surface area contributed by atoms with Gasteiger partial charge in [0.1, 0.15) is 0 Å². The van der Waals surface area contributed by atoms with Gasteiger partial charge in [0, 0.05) is 23.8 Å². The van der Waals surface area contributed by atoms with Crippen LogP contribution in [0.5, 0.6) is 0 Å². The summed E-state index contributed by atoms with van der Waals surface area (Å²) >= 11 is 1.67. The number of rotatable bonds is 6. The summed E-state index contributed by atoms with van der Waals surface area (Å²) in [6.07, 6.45) is 0. The summed E-state index contributed by atoms with van der Waals surface area (Å²) in [6, 6.07) is 7.91. The van der Waals surface area contributed by atoms with E-state index in [0.717, 1.165) is 11.3 Å². The van der Waals surface area contributed by atoms with Crippen molar-refractivity contribution >= 4 is 22.9 Å². The minimum absolute atomic E-state index is 0.0576. The second-order valence-electron chi connectivity index (χ2n) is 4.88. The second kappa shape index (κ2) is 7.24. The SMILES string of the molecule is Cc1c(NC(C)c2ccsc2)cccc1C(=O)NCCO. The number of hydrogen-bond acceptors (Lipinski definition) is 4. The zero-order chi connectivity index (χ0) is 15.2. The Labute approximate surface area is 128 Å². The fourth-order valence-electron chi connectivity index (χ4n) is 2.14. The number of carbonyl (C=O) groups excluding carboxylic acids is 1. The Bertz CT molecular complexity index is 596. The lowest BCUT2D eigenvalue weighted by Gasteiger charge is -2.18. The van der Waals surface area contributed by atoms with Gasteiger partial charge in [-0.05, 0) is 53.9 Å². The van der Waals surface area contributed by atoms with E-state index >= 15 is 0 Å². The summed E-state index contributed by atoms with van der Waals surface area (Å²) in [6.45, 7) is 4.23. The first kappa shape index (κ1) is 15.5. The van der Waals surface area contributed by atoms with Crippen LogP contribution < -0.4 is 10.6 Å². The van der Waals surface area contributed by atoms with Gasteiger partial charge in [0.15, 0.2) is 0 Å². The minimum Gasteiger partial charge on any atom is -0.395 e. The van der Waals surface area contributed by atoms with Gasteiger partial charge in [-0.2, -0.15) is 11.3 Å². The number of carbonyl (C=O) groups is 1. The second-order valence-corrected chi connectivity index (χ2v) is 5.66. The van der Waals surface area contributed by atoms with Crippen molar-refractivity contribution in [3.63, 3.8) is 0 Å². The number of anilines is 1. The van der Waals surface area contributed by atoms with Crippen molar-refractivity contribution < 1.29 is 9.90 Å². The highest BCUT2D eigenvalue weighted by Crippen LogP contribution is 2.25. The molecule has 1 aromatic heterocycles. The molecule has 2 aromatic rings. The molecule has 2 rings (SSSR count). The van der Waals surface area contributed by atoms with Gasteiger partial charge in [-0.15, -0.1) is 0 Å². The van der Waals surface area contributed by atoms with Crippen LogP contribution in [0.2, 0.25) is 0 Å². The van der Waals surface area contributed by atoms with Gasteiger partial charge in [0.05, 0.1) is 6.61 Å². The van der Waals surface area contributed by atoms with E-state index in [1.165, 1.54) is 5.56 Å². The predicted octanol–water partition coefficient (Wildman–Crippen LogP) is 2.95. The molecular weight excluding hydrogens is 284 g/mol. The van der Waals surface area contributed by atoms with E-state index < -0.39 is 0 Å². The third kappa shape index (κ3) is 3.83. The summed E-state index contributed by atoms with van der Waals surface area (Å²) in [5, 5.41) is 19.1. The molecule has 0 bridgehead atoms. The van der Waals surface area contributed by atoms with Crippen LogP contribution in [0.4, 0.5) is 5.69 Å². The number of hydrogen-bond donors (Lipinski definition) is 3. The van der Waals surface area contributed by atoms with Crippen LogP contribution in [0, 0.1) is 6.92 Å². The van der Waals surface area contributed by atoms with Gasteiger partial charge in [-0.1, -0.05) is 6.07 Å². The summed E-state index contributed by atoms with van der Waals surface area (Å²) in [5.41, 5.74) is 3.72. The molecule has 0 aliphatic heterocycles. The van der Waals surface area contributed by atoms with Crippen molar-refractivity contribution in [1.29, 1.82) is 0 Å². The third-order valence-corrected chi connectivity index (χ3v) is 4.09. The number of benzene rings is 1. The number of aliphatic hydroxyl groups excluding tert-OH is 1. The lowest BCUT2D eigenvalue weighted by atomic mass is 10.0. The maximum Gasteiger partial charge on any atom is 0.251 e. The first-order chi connectivity index (χ1) is 10.1. The predicted molar refractivity (Wildman–Crippen MR) is 87.0 cm³/mol. The fraction of sp³-hybridized carbons (Fsp3) is 0.312. The molecule has 0 saturated heterocycles. The highest BCUT2D eigenvalue weighted by atomic mass is 32.1. The van der Waals surface area contributed by atoms with Crippen LogP contribution in [-0.4, -0.2) is 24.2 Å². The Balaban J connectivity index is 2.15. The molecule has 1 amide bonds. The number of aliphatic hydroxyl groups is 1. The zero-order valence-electron chi connectivity index (χ0n) is 12.2. The first-order valence-corrected chi connectivity index (χ1v) is 7.85. The molecule has 0 fully saturated rings. The normalized spacial score (nSPS) is 12.0. The topological polar surface area (TPSA) is 61.4 Å². The Kier molecular flexibility index (Phi) is 5.36. The van der Waals surface area contributed by atoms with E-state index in [2.05, 4.69) is 34.4 Å². The Morgan fingerprint density at radius 3 is 2.86 bits per heavy atom. The molecule has 3 N–H and O–H groups in total. The number of amides is 1. The molecule has 1 unspecified atom stereocenters. The van der Waals surface area contributed by atoms with Crippen molar-refractivity contribution in [2.45, 2.75) is 19.9 Å². The maximum absolute atomic E-state index is 12.0. The molecular formula is C16H20N2O2S. The van der Waals surface area contributed by atoms with Gasteiger partial charge in [-0.25, -0.2) is 0 Å². The third-order valence-electron chi connectivity index (χ3n) is 3.39. The van der Waals surface area contributed by atoms with E-state index in [0.29, 0.717) is 5.56 Å². The highest BCUT2D eigenvalue weighted by Gasteiger charge is 2.13. The van der Waals surface area contributed by atoms with E-state index in [-0.39, 0.29) is 25.1 Å². The quantitative estimate of drug-likeness (QED) is 0.769. The molecule has 0 spiro atoms. The average Bonchev–Trinajstić information content (AvgIpc) is 3.01. The van der Waals surface area contributed by atoms with E-state index in [9.17, 15) is 4.79 Å². The molecule has 5 heteroatoms. The summed E-state index contributed by atoms with van der Waals surface area (Å²) in [4.78, 5) is 12.0. The monoisotopic (exact) mass is 304 g/mol. The smallest absolute Gasteiger partial charge is 0.251 e. The summed E-state index contributed by atoms with van der Waals surface area (Å²) in [5.74, 6) is -0.159. The largest absolute Gasteiger partial charge is 0.395 e. The van der Waals surface area contributed by atoms with Gasteiger partial charge in [0.25, 0.3) is 5.91 Å². The van der Waals surface area contributed by atoms with Crippen LogP contribution in [0.15, 0.2) is 35.0 Å². The van der Waals surface area contributed by atoms with Crippen LogP contribution in [0.3, 0.4) is 0 Å². The molecule has 1 atom stereocenters. The molecule has 0 aliphatic rings. The maximum atomic E-state index is 12.0. The van der Waals surface area contributed by atoms with Crippen molar-refractivity contribution in [3.8, 4) is 0 Å². The lowest BCUT2D eigenvalue weighted by molar-refractivity contribution is 0.0944. The zero-order valence-corrected chi connectivity index (χ0v) is 13.0.